The van der Waals surface area contributed by atoms with Gasteiger partial charge in [0.15, 0.2) is 0 Å². The third kappa shape index (κ3) is 3.02. The maximum atomic E-state index is 11.1. The van der Waals surface area contributed by atoms with E-state index in [1.165, 1.54) is 0 Å². The molecule has 114 valence electrons. The van der Waals surface area contributed by atoms with Crippen LogP contribution in [0.2, 0.25) is 5.02 Å². The number of likely N-dealkylation sites (tertiary alicyclic amines) is 1. The zero-order chi connectivity index (χ0) is 14.9. The molecular formula is C15H26ClN3O. The van der Waals surface area contributed by atoms with Crippen molar-refractivity contribution in [2.45, 2.75) is 64.6 Å². The first-order valence-corrected chi connectivity index (χ1v) is 7.93. The lowest BCUT2D eigenvalue weighted by Crippen LogP contribution is -2.34. The first kappa shape index (κ1) is 15.8. The normalized spacial score (nSPS) is 25.4. The highest BCUT2D eigenvalue weighted by molar-refractivity contribution is 6.31. The van der Waals surface area contributed by atoms with Gasteiger partial charge in [-0.1, -0.05) is 11.6 Å². The van der Waals surface area contributed by atoms with Gasteiger partial charge in [-0.3, -0.25) is 4.68 Å². The standard InChI is InChI=1S/C15H26ClN3O/c1-11(2)18-8-5-6-15(20,7-9-18)14-13(16)10-17-19(14)12(3)4/h10-12,20H,5-9H2,1-4H3. The molecule has 1 aromatic heterocycles. The van der Waals surface area contributed by atoms with Crippen molar-refractivity contribution in [3.05, 3.63) is 16.9 Å². The lowest BCUT2D eigenvalue weighted by molar-refractivity contribution is 0.0108. The molecule has 1 unspecified atom stereocenters. The van der Waals surface area contributed by atoms with E-state index in [1.807, 2.05) is 4.68 Å². The lowest BCUT2D eigenvalue weighted by Gasteiger charge is -2.30. The Balaban J connectivity index is 2.29. The third-order valence-electron chi connectivity index (χ3n) is 4.26. The van der Waals surface area contributed by atoms with E-state index in [-0.39, 0.29) is 6.04 Å². The summed E-state index contributed by atoms with van der Waals surface area (Å²) in [5, 5.41) is 16.1. The van der Waals surface area contributed by atoms with Crippen molar-refractivity contribution in [3.8, 4) is 0 Å². The Morgan fingerprint density at radius 3 is 2.50 bits per heavy atom. The SMILES string of the molecule is CC(C)N1CCCC(O)(c2c(Cl)cnn2C(C)C)CC1. The van der Waals surface area contributed by atoms with Crippen LogP contribution in [0.3, 0.4) is 0 Å². The van der Waals surface area contributed by atoms with Gasteiger partial charge in [0.25, 0.3) is 0 Å². The van der Waals surface area contributed by atoms with Crippen molar-refractivity contribution >= 4 is 11.6 Å². The molecule has 4 nitrogen and oxygen atoms in total. The van der Waals surface area contributed by atoms with E-state index in [4.69, 9.17) is 11.6 Å². The summed E-state index contributed by atoms with van der Waals surface area (Å²) in [6.45, 7) is 10.5. The monoisotopic (exact) mass is 299 g/mol. The molecule has 0 amide bonds. The maximum absolute atomic E-state index is 11.1. The van der Waals surface area contributed by atoms with Gasteiger partial charge in [-0.2, -0.15) is 5.10 Å². The molecule has 1 saturated heterocycles. The number of hydrogen-bond donors (Lipinski definition) is 1. The van der Waals surface area contributed by atoms with E-state index >= 15 is 0 Å². The first-order chi connectivity index (χ1) is 9.35. The number of aliphatic hydroxyl groups is 1. The Bertz CT molecular complexity index is 458. The minimum absolute atomic E-state index is 0.200. The number of nitrogens with zero attached hydrogens (tertiary/aromatic N) is 3. The van der Waals surface area contributed by atoms with Crippen LogP contribution in [0.1, 0.15) is 58.7 Å². The van der Waals surface area contributed by atoms with Crippen LogP contribution in [0.15, 0.2) is 6.20 Å². The number of hydrogen-bond acceptors (Lipinski definition) is 3. The quantitative estimate of drug-likeness (QED) is 0.932. The minimum Gasteiger partial charge on any atom is -0.383 e. The summed E-state index contributed by atoms with van der Waals surface area (Å²) in [5.74, 6) is 0. The molecule has 2 heterocycles. The molecule has 1 aliphatic heterocycles. The summed E-state index contributed by atoms with van der Waals surface area (Å²) in [6, 6.07) is 0.716. The predicted molar refractivity (Wildman–Crippen MR) is 82.1 cm³/mol. The summed E-state index contributed by atoms with van der Waals surface area (Å²) >= 11 is 6.31. The summed E-state index contributed by atoms with van der Waals surface area (Å²) in [6.07, 6.45) is 4.09. The number of aromatic nitrogens is 2. The Kier molecular flexibility index (Phi) is 4.77. The zero-order valence-electron chi connectivity index (χ0n) is 12.9. The molecular weight excluding hydrogens is 274 g/mol. The molecule has 20 heavy (non-hydrogen) atoms. The fraction of sp³-hybridized carbons (Fsp3) is 0.800. The molecule has 0 spiro atoms. The molecule has 0 aromatic carbocycles. The van der Waals surface area contributed by atoms with Gasteiger partial charge in [-0.05, 0) is 53.5 Å². The Labute approximate surface area is 126 Å². The fourth-order valence-electron chi connectivity index (χ4n) is 3.06. The highest BCUT2D eigenvalue weighted by Gasteiger charge is 2.37. The second-order valence-corrected chi connectivity index (χ2v) is 6.80. The highest BCUT2D eigenvalue weighted by atomic mass is 35.5. The largest absolute Gasteiger partial charge is 0.383 e. The van der Waals surface area contributed by atoms with Crippen LogP contribution in [0, 0.1) is 0 Å². The van der Waals surface area contributed by atoms with Gasteiger partial charge in [0, 0.05) is 18.6 Å². The van der Waals surface area contributed by atoms with E-state index in [0.29, 0.717) is 17.5 Å². The van der Waals surface area contributed by atoms with Crippen molar-refractivity contribution in [2.24, 2.45) is 0 Å². The summed E-state index contributed by atoms with van der Waals surface area (Å²) in [5.41, 5.74) is -0.0682. The molecule has 0 saturated carbocycles. The van der Waals surface area contributed by atoms with Crippen molar-refractivity contribution in [2.75, 3.05) is 13.1 Å². The van der Waals surface area contributed by atoms with Gasteiger partial charge < -0.3 is 10.0 Å². The Morgan fingerprint density at radius 2 is 1.90 bits per heavy atom. The Morgan fingerprint density at radius 1 is 1.20 bits per heavy atom. The zero-order valence-corrected chi connectivity index (χ0v) is 13.7. The van der Waals surface area contributed by atoms with E-state index in [2.05, 4.69) is 37.7 Å². The summed E-state index contributed by atoms with van der Waals surface area (Å²) in [7, 11) is 0. The van der Waals surface area contributed by atoms with Crippen molar-refractivity contribution in [1.29, 1.82) is 0 Å². The fourth-order valence-corrected chi connectivity index (χ4v) is 3.37. The van der Waals surface area contributed by atoms with Gasteiger partial charge in [0.1, 0.15) is 5.60 Å². The van der Waals surface area contributed by atoms with E-state index < -0.39 is 5.60 Å². The molecule has 1 fully saturated rings. The predicted octanol–water partition coefficient (Wildman–Crippen LogP) is 3.20. The van der Waals surface area contributed by atoms with Gasteiger partial charge in [0.2, 0.25) is 0 Å². The molecule has 0 aliphatic carbocycles. The number of halogens is 1. The smallest absolute Gasteiger partial charge is 0.109 e. The van der Waals surface area contributed by atoms with Crippen molar-refractivity contribution < 1.29 is 5.11 Å². The van der Waals surface area contributed by atoms with Crippen LogP contribution in [0.4, 0.5) is 0 Å². The minimum atomic E-state index is -0.860. The van der Waals surface area contributed by atoms with Crippen LogP contribution in [-0.4, -0.2) is 38.9 Å². The molecule has 1 N–H and O–H groups in total. The van der Waals surface area contributed by atoms with Crippen molar-refractivity contribution in [1.82, 2.24) is 14.7 Å². The van der Waals surface area contributed by atoms with E-state index in [0.717, 1.165) is 31.6 Å². The summed E-state index contributed by atoms with van der Waals surface area (Å²) in [4.78, 5) is 2.42. The lowest BCUT2D eigenvalue weighted by atomic mass is 9.90. The molecule has 0 radical (unpaired) electrons. The van der Waals surface area contributed by atoms with Crippen LogP contribution in [-0.2, 0) is 5.60 Å². The van der Waals surface area contributed by atoms with Gasteiger partial charge in [0.05, 0.1) is 16.9 Å². The average Bonchev–Trinajstić information content (AvgIpc) is 2.64. The number of rotatable bonds is 3. The van der Waals surface area contributed by atoms with E-state index in [9.17, 15) is 5.11 Å². The van der Waals surface area contributed by atoms with Crippen LogP contribution in [0.25, 0.3) is 0 Å². The second kappa shape index (κ2) is 6.04. The molecule has 1 aliphatic rings. The summed E-state index contributed by atoms with van der Waals surface area (Å²) < 4.78 is 1.87. The van der Waals surface area contributed by atoms with Gasteiger partial charge in [-0.25, -0.2) is 0 Å². The van der Waals surface area contributed by atoms with E-state index in [1.54, 1.807) is 6.20 Å². The van der Waals surface area contributed by atoms with Gasteiger partial charge in [-0.15, -0.1) is 0 Å². The molecule has 2 rings (SSSR count). The van der Waals surface area contributed by atoms with Crippen LogP contribution >= 0.6 is 11.6 Å². The maximum Gasteiger partial charge on any atom is 0.109 e. The van der Waals surface area contributed by atoms with Crippen LogP contribution < -0.4 is 0 Å². The molecule has 5 heteroatoms. The molecule has 1 aromatic rings. The molecule has 0 bridgehead atoms. The highest BCUT2D eigenvalue weighted by Crippen LogP contribution is 2.38. The van der Waals surface area contributed by atoms with Crippen molar-refractivity contribution in [3.63, 3.8) is 0 Å². The van der Waals surface area contributed by atoms with Gasteiger partial charge >= 0.3 is 0 Å². The average molecular weight is 300 g/mol. The topological polar surface area (TPSA) is 41.3 Å². The first-order valence-electron chi connectivity index (χ1n) is 7.55. The second-order valence-electron chi connectivity index (χ2n) is 6.39. The Hall–Kier alpha value is -0.580. The van der Waals surface area contributed by atoms with Crippen LogP contribution in [0.5, 0.6) is 0 Å². The third-order valence-corrected chi connectivity index (χ3v) is 4.54. The molecule has 1 atom stereocenters.